The third kappa shape index (κ3) is 4.28. The van der Waals surface area contributed by atoms with Crippen molar-refractivity contribution >= 4 is 15.9 Å². The third-order valence-corrected chi connectivity index (χ3v) is 4.97. The molecule has 1 saturated heterocycles. The van der Waals surface area contributed by atoms with Crippen LogP contribution in [-0.2, 0) is 20.6 Å². The maximum Gasteiger partial charge on any atom is 0.224 e. The van der Waals surface area contributed by atoms with Crippen LogP contribution in [0.1, 0.15) is 31.4 Å². The summed E-state index contributed by atoms with van der Waals surface area (Å²) >= 11 is 0. The van der Waals surface area contributed by atoms with Crippen LogP contribution in [0, 0.1) is 6.92 Å². The molecule has 1 aromatic rings. The second-order valence-electron chi connectivity index (χ2n) is 5.91. The summed E-state index contributed by atoms with van der Waals surface area (Å²) in [5.74, 6) is -0.0469. The lowest BCUT2D eigenvalue weighted by Crippen LogP contribution is -2.39. The first kappa shape index (κ1) is 16.0. The average molecular weight is 310 g/mol. The van der Waals surface area contributed by atoms with Gasteiger partial charge in [0, 0.05) is 25.0 Å². The van der Waals surface area contributed by atoms with Crippen molar-refractivity contribution in [3.8, 4) is 0 Å². The lowest BCUT2D eigenvalue weighted by molar-refractivity contribution is -0.129. The van der Waals surface area contributed by atoms with Crippen molar-refractivity contribution in [2.75, 3.05) is 6.54 Å². The molecule has 116 valence electrons. The Bertz CT molecular complexity index is 626. The summed E-state index contributed by atoms with van der Waals surface area (Å²) in [6.45, 7) is 6.24. The Kier molecular flexibility index (Phi) is 4.68. The van der Waals surface area contributed by atoms with Crippen LogP contribution in [0.15, 0.2) is 24.3 Å². The molecular formula is C15H22N2O3S. The Morgan fingerprint density at radius 1 is 1.38 bits per heavy atom. The van der Waals surface area contributed by atoms with E-state index in [9.17, 15) is 13.2 Å². The Hall–Kier alpha value is -1.40. The zero-order valence-corrected chi connectivity index (χ0v) is 13.5. The van der Waals surface area contributed by atoms with E-state index >= 15 is 0 Å². The molecule has 1 aliphatic rings. The summed E-state index contributed by atoms with van der Waals surface area (Å²) < 4.78 is 27.1. The fraction of sp³-hybridized carbons (Fsp3) is 0.533. The monoisotopic (exact) mass is 310 g/mol. The van der Waals surface area contributed by atoms with Gasteiger partial charge in [0.15, 0.2) is 0 Å². The number of benzene rings is 1. The van der Waals surface area contributed by atoms with Crippen molar-refractivity contribution in [2.45, 2.75) is 45.0 Å². The molecule has 1 aliphatic heterocycles. The van der Waals surface area contributed by atoms with E-state index in [1.807, 2.05) is 39.0 Å². The number of nitrogens with one attached hydrogen (secondary N) is 1. The van der Waals surface area contributed by atoms with E-state index in [0.29, 0.717) is 6.54 Å². The predicted octanol–water partition coefficient (Wildman–Crippen LogP) is 1.42. The molecule has 0 spiro atoms. The van der Waals surface area contributed by atoms with Gasteiger partial charge in [0.2, 0.25) is 15.9 Å². The highest BCUT2D eigenvalue weighted by Crippen LogP contribution is 2.16. The molecule has 0 bridgehead atoms. The summed E-state index contributed by atoms with van der Waals surface area (Å²) in [4.78, 5) is 13.5. The molecule has 1 aromatic carbocycles. The fourth-order valence-electron chi connectivity index (χ4n) is 2.63. The van der Waals surface area contributed by atoms with Gasteiger partial charge in [-0.2, -0.15) is 0 Å². The van der Waals surface area contributed by atoms with Gasteiger partial charge in [-0.05, 0) is 26.3 Å². The molecule has 1 N–H and O–H groups in total. The summed E-state index contributed by atoms with van der Waals surface area (Å²) in [6.07, 6.45) is 0.241. The Morgan fingerprint density at radius 2 is 2.10 bits per heavy atom. The van der Waals surface area contributed by atoms with Crippen molar-refractivity contribution in [3.63, 3.8) is 0 Å². The molecule has 1 fully saturated rings. The summed E-state index contributed by atoms with van der Waals surface area (Å²) in [6, 6.07) is 7.21. The first-order valence-electron chi connectivity index (χ1n) is 7.12. The minimum Gasteiger partial charge on any atom is -0.339 e. The zero-order valence-electron chi connectivity index (χ0n) is 12.7. The van der Waals surface area contributed by atoms with Crippen LogP contribution in [-0.4, -0.2) is 37.9 Å². The number of hydrogen-bond acceptors (Lipinski definition) is 3. The number of aryl methyl sites for hydroxylation is 1. The Balaban J connectivity index is 2.01. The number of sulfonamides is 1. The molecule has 5 nitrogen and oxygen atoms in total. The lowest BCUT2D eigenvalue weighted by atomic mass is 10.2. The minimum absolute atomic E-state index is 0.00764. The molecule has 0 aromatic heterocycles. The van der Waals surface area contributed by atoms with Crippen LogP contribution in [0.4, 0.5) is 0 Å². The topological polar surface area (TPSA) is 66.5 Å². The van der Waals surface area contributed by atoms with Crippen LogP contribution in [0.3, 0.4) is 0 Å². The highest BCUT2D eigenvalue weighted by Gasteiger charge is 2.33. The van der Waals surface area contributed by atoms with E-state index in [1.165, 1.54) is 0 Å². The predicted molar refractivity (Wildman–Crippen MR) is 82.2 cm³/mol. The van der Waals surface area contributed by atoms with E-state index in [1.54, 1.807) is 11.0 Å². The molecule has 1 unspecified atom stereocenters. The van der Waals surface area contributed by atoms with Crippen LogP contribution in [0.2, 0.25) is 0 Å². The van der Waals surface area contributed by atoms with E-state index in [2.05, 4.69) is 4.72 Å². The number of carbonyl (C=O) groups excluding carboxylic acids is 1. The van der Waals surface area contributed by atoms with Gasteiger partial charge in [0.25, 0.3) is 0 Å². The van der Waals surface area contributed by atoms with Gasteiger partial charge in [0.1, 0.15) is 0 Å². The lowest BCUT2D eigenvalue weighted by Gasteiger charge is -2.21. The van der Waals surface area contributed by atoms with E-state index < -0.39 is 10.0 Å². The number of amides is 1. The smallest absolute Gasteiger partial charge is 0.224 e. The maximum absolute atomic E-state index is 12.2. The quantitative estimate of drug-likeness (QED) is 0.894. The Morgan fingerprint density at radius 3 is 2.67 bits per heavy atom. The number of carbonyl (C=O) groups is 1. The first-order valence-corrected chi connectivity index (χ1v) is 8.77. The highest BCUT2D eigenvalue weighted by atomic mass is 32.2. The summed E-state index contributed by atoms with van der Waals surface area (Å²) in [7, 11) is -3.44. The standard InChI is InChI=1S/C15H22N2O3S/c1-11(2)17-9-14(8-15(17)18)16-21(19,20)10-13-6-4-5-12(3)7-13/h4-7,11,14,16H,8-10H2,1-3H3. The van der Waals surface area contributed by atoms with Crippen LogP contribution in [0.25, 0.3) is 0 Å². The average Bonchev–Trinajstić information content (AvgIpc) is 2.68. The van der Waals surface area contributed by atoms with Crippen LogP contribution >= 0.6 is 0 Å². The minimum atomic E-state index is -3.44. The van der Waals surface area contributed by atoms with Crippen LogP contribution < -0.4 is 4.72 Å². The van der Waals surface area contributed by atoms with Gasteiger partial charge in [-0.1, -0.05) is 29.8 Å². The molecular weight excluding hydrogens is 288 g/mol. The van der Waals surface area contributed by atoms with Crippen molar-refractivity contribution in [1.82, 2.24) is 9.62 Å². The zero-order chi connectivity index (χ0) is 15.6. The number of likely N-dealkylation sites (tertiary alicyclic amines) is 1. The van der Waals surface area contributed by atoms with Gasteiger partial charge in [0.05, 0.1) is 5.75 Å². The second kappa shape index (κ2) is 6.15. The molecule has 1 atom stereocenters. The van der Waals surface area contributed by atoms with Crippen molar-refractivity contribution in [2.24, 2.45) is 0 Å². The first-order chi connectivity index (χ1) is 9.77. The molecule has 1 amide bonds. The highest BCUT2D eigenvalue weighted by molar-refractivity contribution is 7.88. The van der Waals surface area contributed by atoms with E-state index in [-0.39, 0.29) is 30.2 Å². The van der Waals surface area contributed by atoms with E-state index in [0.717, 1.165) is 11.1 Å². The van der Waals surface area contributed by atoms with Gasteiger partial charge < -0.3 is 4.90 Å². The van der Waals surface area contributed by atoms with Gasteiger partial charge in [-0.25, -0.2) is 13.1 Å². The molecule has 6 heteroatoms. The maximum atomic E-state index is 12.2. The largest absolute Gasteiger partial charge is 0.339 e. The molecule has 0 aliphatic carbocycles. The summed E-state index contributed by atoms with van der Waals surface area (Å²) in [5, 5.41) is 0. The van der Waals surface area contributed by atoms with Gasteiger partial charge >= 0.3 is 0 Å². The molecule has 2 rings (SSSR count). The molecule has 1 heterocycles. The number of hydrogen-bond donors (Lipinski definition) is 1. The van der Waals surface area contributed by atoms with Gasteiger partial charge in [-0.3, -0.25) is 4.79 Å². The molecule has 0 radical (unpaired) electrons. The van der Waals surface area contributed by atoms with Crippen LogP contribution in [0.5, 0.6) is 0 Å². The normalized spacial score (nSPS) is 19.5. The molecule has 21 heavy (non-hydrogen) atoms. The number of rotatable bonds is 5. The van der Waals surface area contributed by atoms with E-state index in [4.69, 9.17) is 0 Å². The van der Waals surface area contributed by atoms with Crippen molar-refractivity contribution in [3.05, 3.63) is 35.4 Å². The Labute approximate surface area is 126 Å². The van der Waals surface area contributed by atoms with Crippen molar-refractivity contribution < 1.29 is 13.2 Å². The van der Waals surface area contributed by atoms with Gasteiger partial charge in [-0.15, -0.1) is 0 Å². The summed E-state index contributed by atoms with van der Waals surface area (Å²) in [5.41, 5.74) is 1.79. The number of nitrogens with zero attached hydrogens (tertiary/aromatic N) is 1. The molecule has 0 saturated carbocycles. The SMILES string of the molecule is Cc1cccc(CS(=O)(=O)NC2CC(=O)N(C(C)C)C2)c1. The second-order valence-corrected chi connectivity index (χ2v) is 7.66. The third-order valence-electron chi connectivity index (χ3n) is 3.57. The fourth-order valence-corrected chi connectivity index (χ4v) is 3.99. The van der Waals surface area contributed by atoms with Crippen molar-refractivity contribution in [1.29, 1.82) is 0 Å².